The normalized spacial score (nSPS) is 12.7. The first kappa shape index (κ1) is 15.4. The highest BCUT2D eigenvalue weighted by Gasteiger charge is 2.18. The van der Waals surface area contributed by atoms with Crippen LogP contribution < -0.4 is 5.32 Å². The Kier molecular flexibility index (Phi) is 5.14. The fourth-order valence-corrected chi connectivity index (χ4v) is 2.86. The van der Waals surface area contributed by atoms with Gasteiger partial charge in [0.15, 0.2) is 0 Å². The number of hydrogen-bond donors (Lipinski definition) is 1. The third kappa shape index (κ3) is 3.38. The first-order valence-corrected chi connectivity index (χ1v) is 7.51. The summed E-state index contributed by atoms with van der Waals surface area (Å²) in [4.78, 5) is 0. The quantitative estimate of drug-likeness (QED) is 0.831. The van der Waals surface area contributed by atoms with Crippen molar-refractivity contribution in [2.45, 2.75) is 33.2 Å². The van der Waals surface area contributed by atoms with Gasteiger partial charge in [-0.05, 0) is 44.5 Å². The highest BCUT2D eigenvalue weighted by molar-refractivity contribution is 6.42. The van der Waals surface area contributed by atoms with Crippen LogP contribution in [0.1, 0.15) is 35.6 Å². The van der Waals surface area contributed by atoms with Gasteiger partial charge >= 0.3 is 0 Å². The van der Waals surface area contributed by atoms with Gasteiger partial charge in [-0.3, -0.25) is 0 Å². The lowest BCUT2D eigenvalue weighted by Gasteiger charge is -2.18. The molecule has 0 spiro atoms. The van der Waals surface area contributed by atoms with Crippen molar-refractivity contribution in [2.24, 2.45) is 0 Å². The number of rotatable bonds is 5. The van der Waals surface area contributed by atoms with Crippen LogP contribution in [0.25, 0.3) is 0 Å². The standard InChI is InChI=1S/C16H19Cl2NO/c1-4-19-15(13-8-10(2)20-11(13)3)9-12-6-5-7-14(17)16(12)18/h5-8,15,19H,4,9H2,1-3H3. The maximum atomic E-state index is 6.29. The van der Waals surface area contributed by atoms with E-state index in [4.69, 9.17) is 27.6 Å². The lowest BCUT2D eigenvalue weighted by atomic mass is 9.99. The molecule has 0 aliphatic carbocycles. The van der Waals surface area contributed by atoms with Crippen molar-refractivity contribution >= 4 is 23.2 Å². The van der Waals surface area contributed by atoms with Crippen molar-refractivity contribution in [1.82, 2.24) is 5.32 Å². The van der Waals surface area contributed by atoms with Crippen LogP contribution in [0.4, 0.5) is 0 Å². The van der Waals surface area contributed by atoms with Crippen LogP contribution in [0.3, 0.4) is 0 Å². The molecule has 0 radical (unpaired) electrons. The minimum absolute atomic E-state index is 0.174. The van der Waals surface area contributed by atoms with Crippen molar-refractivity contribution in [3.8, 4) is 0 Å². The summed E-state index contributed by atoms with van der Waals surface area (Å²) in [5, 5.41) is 4.72. The molecular formula is C16H19Cl2NO. The second-order valence-electron chi connectivity index (χ2n) is 4.90. The van der Waals surface area contributed by atoms with Gasteiger partial charge in [0.25, 0.3) is 0 Å². The number of hydrogen-bond acceptors (Lipinski definition) is 2. The van der Waals surface area contributed by atoms with E-state index in [1.54, 1.807) is 0 Å². The average molecular weight is 312 g/mol. The lowest BCUT2D eigenvalue weighted by molar-refractivity contribution is 0.484. The van der Waals surface area contributed by atoms with Gasteiger partial charge in [0, 0.05) is 11.6 Å². The molecule has 108 valence electrons. The van der Waals surface area contributed by atoms with E-state index >= 15 is 0 Å². The van der Waals surface area contributed by atoms with Crippen molar-refractivity contribution in [3.05, 3.63) is 57.0 Å². The number of halogens is 2. The SMILES string of the molecule is CCNC(Cc1cccc(Cl)c1Cl)c1cc(C)oc1C. The molecule has 0 aliphatic heterocycles. The van der Waals surface area contributed by atoms with Gasteiger partial charge in [-0.2, -0.15) is 0 Å². The largest absolute Gasteiger partial charge is 0.466 e. The third-order valence-corrected chi connectivity index (χ3v) is 4.22. The van der Waals surface area contributed by atoms with Crippen LogP contribution in [0.2, 0.25) is 10.0 Å². The summed E-state index contributed by atoms with van der Waals surface area (Å²) in [5.41, 5.74) is 2.23. The predicted molar refractivity (Wildman–Crippen MR) is 84.8 cm³/mol. The van der Waals surface area contributed by atoms with Gasteiger partial charge in [-0.1, -0.05) is 42.3 Å². The molecule has 20 heavy (non-hydrogen) atoms. The number of furan rings is 1. The molecule has 0 saturated carbocycles. The van der Waals surface area contributed by atoms with Gasteiger partial charge in [0.1, 0.15) is 11.5 Å². The Hall–Kier alpha value is -0.960. The highest BCUT2D eigenvalue weighted by Crippen LogP contribution is 2.31. The van der Waals surface area contributed by atoms with Crippen LogP contribution in [0.5, 0.6) is 0 Å². The van der Waals surface area contributed by atoms with Gasteiger partial charge < -0.3 is 9.73 Å². The summed E-state index contributed by atoms with van der Waals surface area (Å²) in [5.74, 6) is 1.88. The summed E-state index contributed by atoms with van der Waals surface area (Å²) in [6, 6.07) is 8.01. The molecule has 1 heterocycles. The molecular weight excluding hydrogens is 293 g/mol. The Morgan fingerprint density at radius 3 is 2.60 bits per heavy atom. The smallest absolute Gasteiger partial charge is 0.105 e. The van der Waals surface area contributed by atoms with Gasteiger partial charge in [0.2, 0.25) is 0 Å². The fraction of sp³-hybridized carbons (Fsp3) is 0.375. The Morgan fingerprint density at radius 2 is 2.00 bits per heavy atom. The predicted octanol–water partition coefficient (Wildman–Crippen LogP) is 5.10. The van der Waals surface area contributed by atoms with Crippen LogP contribution >= 0.6 is 23.2 Å². The van der Waals surface area contributed by atoms with Crippen molar-refractivity contribution in [1.29, 1.82) is 0 Å². The van der Waals surface area contributed by atoms with E-state index in [1.165, 1.54) is 5.56 Å². The zero-order valence-corrected chi connectivity index (χ0v) is 13.5. The number of likely N-dealkylation sites (N-methyl/N-ethyl adjacent to an activating group) is 1. The molecule has 2 nitrogen and oxygen atoms in total. The molecule has 0 saturated heterocycles. The fourth-order valence-electron chi connectivity index (χ4n) is 2.46. The van der Waals surface area contributed by atoms with E-state index in [0.717, 1.165) is 30.0 Å². The lowest BCUT2D eigenvalue weighted by Crippen LogP contribution is -2.23. The molecule has 2 aromatic rings. The van der Waals surface area contributed by atoms with Gasteiger partial charge in [0.05, 0.1) is 10.0 Å². The molecule has 0 bridgehead atoms. The molecule has 1 unspecified atom stereocenters. The Balaban J connectivity index is 2.30. The van der Waals surface area contributed by atoms with Crippen LogP contribution in [0.15, 0.2) is 28.7 Å². The summed E-state index contributed by atoms with van der Waals surface area (Å²) >= 11 is 12.4. The van der Waals surface area contributed by atoms with Crippen molar-refractivity contribution in [2.75, 3.05) is 6.54 Å². The maximum absolute atomic E-state index is 6.29. The van der Waals surface area contributed by atoms with Crippen molar-refractivity contribution < 1.29 is 4.42 Å². The summed E-state index contributed by atoms with van der Waals surface area (Å²) in [7, 11) is 0. The van der Waals surface area contributed by atoms with Crippen LogP contribution in [-0.4, -0.2) is 6.54 Å². The minimum Gasteiger partial charge on any atom is -0.466 e. The summed E-state index contributed by atoms with van der Waals surface area (Å²) < 4.78 is 5.63. The van der Waals surface area contributed by atoms with Gasteiger partial charge in [-0.15, -0.1) is 0 Å². The zero-order chi connectivity index (χ0) is 14.7. The monoisotopic (exact) mass is 311 g/mol. The van der Waals surface area contributed by atoms with E-state index < -0.39 is 0 Å². The molecule has 0 aliphatic rings. The minimum atomic E-state index is 0.174. The van der Waals surface area contributed by atoms with Crippen LogP contribution in [0, 0.1) is 13.8 Å². The molecule has 4 heteroatoms. The van der Waals surface area contributed by atoms with E-state index in [1.807, 2.05) is 32.0 Å². The number of benzene rings is 1. The Labute approximate surface area is 130 Å². The first-order valence-electron chi connectivity index (χ1n) is 6.76. The third-order valence-electron chi connectivity index (χ3n) is 3.36. The zero-order valence-electron chi connectivity index (χ0n) is 12.0. The first-order chi connectivity index (χ1) is 9.52. The summed E-state index contributed by atoms with van der Waals surface area (Å²) in [6.07, 6.45) is 0.785. The maximum Gasteiger partial charge on any atom is 0.105 e. The van der Waals surface area contributed by atoms with E-state index in [0.29, 0.717) is 10.0 Å². The molecule has 0 fully saturated rings. The average Bonchev–Trinajstić information content (AvgIpc) is 2.73. The Morgan fingerprint density at radius 1 is 1.25 bits per heavy atom. The van der Waals surface area contributed by atoms with Crippen molar-refractivity contribution in [3.63, 3.8) is 0 Å². The van der Waals surface area contributed by atoms with E-state index in [9.17, 15) is 0 Å². The van der Waals surface area contributed by atoms with Crippen LogP contribution in [-0.2, 0) is 6.42 Å². The molecule has 1 N–H and O–H groups in total. The molecule has 0 amide bonds. The topological polar surface area (TPSA) is 25.2 Å². The van der Waals surface area contributed by atoms with Gasteiger partial charge in [-0.25, -0.2) is 0 Å². The molecule has 1 atom stereocenters. The Bertz CT molecular complexity index is 592. The van der Waals surface area contributed by atoms with E-state index in [2.05, 4.69) is 18.3 Å². The highest BCUT2D eigenvalue weighted by atomic mass is 35.5. The molecule has 2 rings (SSSR count). The second-order valence-corrected chi connectivity index (χ2v) is 5.68. The molecule has 1 aromatic carbocycles. The molecule has 1 aromatic heterocycles. The van der Waals surface area contributed by atoms with E-state index in [-0.39, 0.29) is 6.04 Å². The number of nitrogens with one attached hydrogen (secondary N) is 1. The summed E-state index contributed by atoms with van der Waals surface area (Å²) in [6.45, 7) is 6.93. The second kappa shape index (κ2) is 6.66. The number of aryl methyl sites for hydroxylation is 2.